The van der Waals surface area contributed by atoms with E-state index in [9.17, 15) is 13.2 Å². The minimum atomic E-state index is -0.788. The zero-order valence-corrected chi connectivity index (χ0v) is 8.92. The molecule has 1 heterocycles. The van der Waals surface area contributed by atoms with E-state index in [2.05, 4.69) is 20.7 Å². The van der Waals surface area contributed by atoms with Crippen molar-refractivity contribution in [1.29, 1.82) is 0 Å². The lowest BCUT2D eigenvalue weighted by Gasteiger charge is -2.08. The van der Waals surface area contributed by atoms with E-state index in [0.29, 0.717) is 6.07 Å². The van der Waals surface area contributed by atoms with Gasteiger partial charge in [0.15, 0.2) is 11.6 Å². The quantitative estimate of drug-likeness (QED) is 0.577. The number of halogens is 3. The summed E-state index contributed by atoms with van der Waals surface area (Å²) in [7, 11) is 0. The molecule has 0 radical (unpaired) electrons. The van der Waals surface area contributed by atoms with Gasteiger partial charge in [0.05, 0.1) is 6.20 Å². The number of benzene rings is 1. The molecule has 2 rings (SSSR count). The van der Waals surface area contributed by atoms with Gasteiger partial charge < -0.3 is 5.32 Å². The van der Waals surface area contributed by atoms with E-state index >= 15 is 0 Å². The van der Waals surface area contributed by atoms with Gasteiger partial charge in [-0.25, -0.2) is 24.0 Å². The van der Waals surface area contributed by atoms with Crippen molar-refractivity contribution in [2.45, 2.75) is 0 Å². The lowest BCUT2D eigenvalue weighted by Crippen LogP contribution is -2.12. The highest BCUT2D eigenvalue weighted by molar-refractivity contribution is 5.57. The minimum Gasteiger partial charge on any atom is -0.337 e. The predicted octanol–water partition coefficient (Wildman–Crippen LogP) is 1.92. The Labute approximate surface area is 99.8 Å². The van der Waals surface area contributed by atoms with Gasteiger partial charge in [0.1, 0.15) is 11.6 Å². The van der Waals surface area contributed by atoms with Gasteiger partial charge in [0, 0.05) is 11.8 Å². The molecule has 18 heavy (non-hydrogen) atoms. The van der Waals surface area contributed by atoms with Crippen molar-refractivity contribution < 1.29 is 13.2 Å². The first-order chi connectivity index (χ1) is 8.58. The fraction of sp³-hybridized carbons (Fsp3) is 0. The van der Waals surface area contributed by atoms with Crippen LogP contribution in [0.25, 0.3) is 0 Å². The largest absolute Gasteiger partial charge is 0.337 e. The first-order valence-electron chi connectivity index (χ1n) is 4.81. The number of hydrogen-bond acceptors (Lipinski definition) is 5. The second-order valence-corrected chi connectivity index (χ2v) is 3.32. The van der Waals surface area contributed by atoms with Gasteiger partial charge in [-0.1, -0.05) is 0 Å². The first kappa shape index (κ1) is 12.1. The van der Waals surface area contributed by atoms with Crippen LogP contribution in [0, 0.1) is 17.5 Å². The molecule has 0 unspecified atom stereocenters. The van der Waals surface area contributed by atoms with E-state index in [1.807, 2.05) is 0 Å². The predicted molar refractivity (Wildman–Crippen MR) is 59.4 cm³/mol. The first-order valence-corrected chi connectivity index (χ1v) is 4.81. The van der Waals surface area contributed by atoms with Crippen LogP contribution in [-0.4, -0.2) is 9.97 Å². The normalized spacial score (nSPS) is 10.2. The maximum absolute atomic E-state index is 13.3. The maximum atomic E-state index is 13.3. The Balaban J connectivity index is 2.33. The second-order valence-electron chi connectivity index (χ2n) is 3.32. The van der Waals surface area contributed by atoms with Crippen LogP contribution in [0.15, 0.2) is 24.4 Å². The van der Waals surface area contributed by atoms with Crippen LogP contribution < -0.4 is 16.6 Å². The van der Waals surface area contributed by atoms with Crippen molar-refractivity contribution >= 4 is 17.5 Å². The molecule has 0 aliphatic carbocycles. The van der Waals surface area contributed by atoms with E-state index in [1.165, 1.54) is 0 Å². The molecule has 0 amide bonds. The van der Waals surface area contributed by atoms with Crippen LogP contribution in [0.4, 0.5) is 30.6 Å². The van der Waals surface area contributed by atoms with Crippen molar-refractivity contribution in [2.75, 3.05) is 10.7 Å². The van der Waals surface area contributed by atoms with Crippen LogP contribution in [0.5, 0.6) is 0 Å². The van der Waals surface area contributed by atoms with Crippen LogP contribution in [-0.2, 0) is 0 Å². The molecule has 4 N–H and O–H groups in total. The molecule has 5 nitrogen and oxygen atoms in total. The molecule has 0 saturated carbocycles. The topological polar surface area (TPSA) is 75.9 Å². The summed E-state index contributed by atoms with van der Waals surface area (Å²) in [5.74, 6) is 2.43. The van der Waals surface area contributed by atoms with Crippen molar-refractivity contribution in [2.24, 2.45) is 5.84 Å². The molecular formula is C10H8F3N5. The Kier molecular flexibility index (Phi) is 3.28. The molecule has 0 aliphatic heterocycles. The second kappa shape index (κ2) is 4.88. The number of hydrazine groups is 1. The van der Waals surface area contributed by atoms with Gasteiger partial charge in [-0.3, -0.25) is 5.43 Å². The molecule has 2 aromatic rings. The smallest absolute Gasteiger partial charge is 0.239 e. The number of nitrogens with zero attached hydrogens (tertiary/aromatic N) is 2. The third-order valence-electron chi connectivity index (χ3n) is 2.00. The lowest BCUT2D eigenvalue weighted by molar-refractivity contribution is 0.584. The van der Waals surface area contributed by atoms with Gasteiger partial charge in [0.2, 0.25) is 5.95 Å². The number of aromatic nitrogens is 2. The monoisotopic (exact) mass is 255 g/mol. The SMILES string of the molecule is NNc1ncc(F)c(Nc2cc(F)cc(F)c2)n1. The van der Waals surface area contributed by atoms with Gasteiger partial charge in [-0.15, -0.1) is 0 Å². The number of nitrogens with two attached hydrogens (primary N) is 1. The zero-order chi connectivity index (χ0) is 13.1. The molecule has 1 aromatic carbocycles. The average Bonchev–Trinajstić information content (AvgIpc) is 2.30. The van der Waals surface area contributed by atoms with E-state index in [0.717, 1.165) is 18.3 Å². The van der Waals surface area contributed by atoms with Crippen LogP contribution in [0.1, 0.15) is 0 Å². The summed E-state index contributed by atoms with van der Waals surface area (Å²) in [5, 5.41) is 2.43. The van der Waals surface area contributed by atoms with Gasteiger partial charge in [0.25, 0.3) is 0 Å². The van der Waals surface area contributed by atoms with Gasteiger partial charge >= 0.3 is 0 Å². The summed E-state index contributed by atoms with van der Waals surface area (Å²) in [6.45, 7) is 0. The molecule has 0 atom stereocenters. The third-order valence-corrected chi connectivity index (χ3v) is 2.00. The Morgan fingerprint density at radius 2 is 1.72 bits per heavy atom. The molecule has 1 aromatic heterocycles. The lowest BCUT2D eigenvalue weighted by atomic mass is 10.3. The number of rotatable bonds is 3. The van der Waals surface area contributed by atoms with Gasteiger partial charge in [-0.2, -0.15) is 4.98 Å². The zero-order valence-electron chi connectivity index (χ0n) is 8.92. The summed E-state index contributed by atoms with van der Waals surface area (Å²) >= 11 is 0. The molecule has 94 valence electrons. The Hall–Kier alpha value is -2.35. The fourth-order valence-corrected chi connectivity index (χ4v) is 1.29. The highest BCUT2D eigenvalue weighted by Gasteiger charge is 2.08. The summed E-state index contributed by atoms with van der Waals surface area (Å²) < 4.78 is 39.2. The van der Waals surface area contributed by atoms with E-state index in [4.69, 9.17) is 5.84 Å². The summed E-state index contributed by atoms with van der Waals surface area (Å²) in [6.07, 6.45) is 0.875. The van der Waals surface area contributed by atoms with E-state index < -0.39 is 17.5 Å². The van der Waals surface area contributed by atoms with E-state index in [-0.39, 0.29) is 17.5 Å². The summed E-state index contributed by atoms with van der Waals surface area (Å²) in [5.41, 5.74) is 2.15. The molecule has 0 spiro atoms. The molecule has 0 fully saturated rings. The van der Waals surface area contributed by atoms with Crippen LogP contribution >= 0.6 is 0 Å². The number of anilines is 3. The highest BCUT2D eigenvalue weighted by atomic mass is 19.1. The number of hydrogen-bond donors (Lipinski definition) is 3. The Morgan fingerprint density at radius 3 is 2.33 bits per heavy atom. The summed E-state index contributed by atoms with van der Waals surface area (Å²) in [6, 6.07) is 2.70. The maximum Gasteiger partial charge on any atom is 0.239 e. The minimum absolute atomic E-state index is 0.0214. The van der Waals surface area contributed by atoms with Crippen LogP contribution in [0.2, 0.25) is 0 Å². The van der Waals surface area contributed by atoms with Crippen molar-refractivity contribution in [3.05, 3.63) is 41.8 Å². The fourth-order valence-electron chi connectivity index (χ4n) is 1.29. The molecular weight excluding hydrogens is 247 g/mol. The molecule has 0 saturated heterocycles. The van der Waals surface area contributed by atoms with Crippen molar-refractivity contribution in [1.82, 2.24) is 9.97 Å². The van der Waals surface area contributed by atoms with E-state index in [1.54, 1.807) is 0 Å². The third kappa shape index (κ3) is 2.66. The highest BCUT2D eigenvalue weighted by Crippen LogP contribution is 2.20. The average molecular weight is 255 g/mol. The molecule has 0 aliphatic rings. The standard InChI is InChI=1S/C10H8F3N5/c11-5-1-6(12)3-7(2-5)16-9-8(13)4-15-10(17-9)18-14/h1-4H,14H2,(H2,15,16,17,18). The molecule has 0 bridgehead atoms. The Bertz CT molecular complexity index is 555. The van der Waals surface area contributed by atoms with Gasteiger partial charge in [-0.05, 0) is 12.1 Å². The molecule has 8 heteroatoms. The number of nitrogens with one attached hydrogen (secondary N) is 2. The Morgan fingerprint density at radius 1 is 1.06 bits per heavy atom. The van der Waals surface area contributed by atoms with Crippen molar-refractivity contribution in [3.8, 4) is 0 Å². The summed E-state index contributed by atoms with van der Waals surface area (Å²) in [4.78, 5) is 7.19. The van der Waals surface area contributed by atoms with Crippen molar-refractivity contribution in [3.63, 3.8) is 0 Å². The number of nitrogen functional groups attached to an aromatic ring is 1. The van der Waals surface area contributed by atoms with Crippen LogP contribution in [0.3, 0.4) is 0 Å².